The van der Waals surface area contributed by atoms with Crippen LogP contribution in [0.15, 0.2) is 35.3 Å². The number of nitrogens with two attached hydrogens (primary N) is 1. The van der Waals surface area contributed by atoms with Crippen LogP contribution in [0.3, 0.4) is 0 Å². The van der Waals surface area contributed by atoms with Gasteiger partial charge < -0.3 is 20.9 Å². The van der Waals surface area contributed by atoms with Crippen LogP contribution in [-0.2, 0) is 6.18 Å². The fourth-order valence-electron chi connectivity index (χ4n) is 3.56. The number of ether oxygens (including phenoxy) is 1. The monoisotopic (exact) mass is 450 g/mol. The van der Waals surface area contributed by atoms with E-state index >= 15 is 0 Å². The summed E-state index contributed by atoms with van der Waals surface area (Å²) in [5.41, 5.74) is 5.70. The molecule has 1 fully saturated rings. The number of methoxy groups -OCH3 is 1. The number of aliphatic hydroxyl groups excluding tert-OH is 1. The van der Waals surface area contributed by atoms with E-state index in [4.69, 9.17) is 10.5 Å². The highest BCUT2D eigenvalue weighted by Gasteiger charge is 2.33. The first-order valence-electron chi connectivity index (χ1n) is 10.2. The molecule has 2 aromatic rings. The molecular formula is C22H25F3N4O3. The minimum Gasteiger partial charge on any atom is -0.494 e. The fourth-order valence-corrected chi connectivity index (χ4v) is 3.56. The summed E-state index contributed by atoms with van der Waals surface area (Å²) in [5, 5.41) is 11.8. The number of alkyl halides is 3. The first kappa shape index (κ1) is 23.5. The van der Waals surface area contributed by atoms with E-state index in [1.165, 1.54) is 19.2 Å². The van der Waals surface area contributed by atoms with Gasteiger partial charge in [0.25, 0.3) is 5.91 Å². The molecule has 7 nitrogen and oxygen atoms in total. The summed E-state index contributed by atoms with van der Waals surface area (Å²) < 4.78 is 43.9. The van der Waals surface area contributed by atoms with Gasteiger partial charge in [0.15, 0.2) is 0 Å². The van der Waals surface area contributed by atoms with Crippen molar-refractivity contribution in [2.75, 3.05) is 24.8 Å². The number of nitrogen functional groups attached to an aromatic ring is 1. The van der Waals surface area contributed by atoms with Gasteiger partial charge in [0.2, 0.25) is 0 Å². The van der Waals surface area contributed by atoms with Gasteiger partial charge in [-0.2, -0.15) is 13.2 Å². The maximum atomic E-state index is 12.9. The Morgan fingerprint density at radius 3 is 2.66 bits per heavy atom. The Morgan fingerprint density at radius 1 is 1.31 bits per heavy atom. The second-order valence-electron chi connectivity index (χ2n) is 7.68. The largest absolute Gasteiger partial charge is 0.494 e. The third-order valence-corrected chi connectivity index (χ3v) is 5.42. The fraction of sp³-hybridized carbons (Fsp3) is 0.409. The van der Waals surface area contributed by atoms with Crippen molar-refractivity contribution in [2.45, 2.75) is 37.9 Å². The van der Waals surface area contributed by atoms with Gasteiger partial charge >= 0.3 is 6.18 Å². The molecule has 3 rings (SSSR count). The van der Waals surface area contributed by atoms with Crippen LogP contribution in [0.2, 0.25) is 0 Å². The van der Waals surface area contributed by atoms with Crippen LogP contribution in [0.25, 0.3) is 0 Å². The molecule has 32 heavy (non-hydrogen) atoms. The number of aromatic nitrogens is 1. The van der Waals surface area contributed by atoms with Crippen LogP contribution in [0, 0.1) is 5.92 Å². The Balaban J connectivity index is 1.79. The maximum Gasteiger partial charge on any atom is 0.433 e. The number of hydrogen-bond acceptors (Lipinski definition) is 6. The number of hydrogen-bond donors (Lipinski definition) is 3. The van der Waals surface area contributed by atoms with Crippen molar-refractivity contribution in [1.82, 2.24) is 4.98 Å². The third kappa shape index (κ3) is 5.76. The molecule has 0 unspecified atom stereocenters. The lowest BCUT2D eigenvalue weighted by molar-refractivity contribution is -0.141. The molecule has 1 aliphatic rings. The lowest BCUT2D eigenvalue weighted by Crippen LogP contribution is -2.19. The van der Waals surface area contributed by atoms with E-state index in [1.807, 2.05) is 0 Å². The minimum absolute atomic E-state index is 0.117. The summed E-state index contributed by atoms with van der Waals surface area (Å²) in [5.74, 6) is -0.244. The Kier molecular flexibility index (Phi) is 7.34. The van der Waals surface area contributed by atoms with Crippen molar-refractivity contribution in [3.8, 4) is 5.75 Å². The highest BCUT2D eigenvalue weighted by atomic mass is 19.4. The summed E-state index contributed by atoms with van der Waals surface area (Å²) >= 11 is 0. The summed E-state index contributed by atoms with van der Waals surface area (Å²) in [7, 11) is 1.39. The number of anilines is 2. The molecule has 1 aromatic heterocycles. The molecule has 1 heterocycles. The van der Waals surface area contributed by atoms with E-state index < -0.39 is 17.8 Å². The summed E-state index contributed by atoms with van der Waals surface area (Å²) in [6.07, 6.45) is 0.501. The highest BCUT2D eigenvalue weighted by molar-refractivity contribution is 6.04. The van der Waals surface area contributed by atoms with Crippen molar-refractivity contribution in [3.63, 3.8) is 0 Å². The molecular weight excluding hydrogens is 425 g/mol. The molecule has 172 valence electrons. The predicted molar refractivity (Wildman–Crippen MR) is 115 cm³/mol. The zero-order chi connectivity index (χ0) is 23.3. The van der Waals surface area contributed by atoms with Gasteiger partial charge in [0.05, 0.1) is 12.8 Å². The zero-order valence-corrected chi connectivity index (χ0v) is 17.5. The first-order chi connectivity index (χ1) is 15.2. The van der Waals surface area contributed by atoms with Gasteiger partial charge in [-0.1, -0.05) is 6.07 Å². The van der Waals surface area contributed by atoms with E-state index in [1.54, 1.807) is 12.3 Å². The average Bonchev–Trinajstić information content (AvgIpc) is 2.78. The summed E-state index contributed by atoms with van der Waals surface area (Å²) in [4.78, 5) is 20.5. The Bertz CT molecular complexity index is 987. The van der Waals surface area contributed by atoms with Crippen LogP contribution in [-0.4, -0.2) is 42.0 Å². The van der Waals surface area contributed by atoms with Gasteiger partial charge in [-0.15, -0.1) is 0 Å². The van der Waals surface area contributed by atoms with Crippen molar-refractivity contribution >= 4 is 23.5 Å². The SMILES string of the molecule is COc1cc(N)c(C=NC2CCC(CO)CC2)cc1NC(=O)c1cccc(C(F)(F)F)n1. The standard InChI is InChI=1S/C22H25F3N4O3/c1-32-19-10-16(26)14(11-27-15-7-5-13(12-30)6-8-15)9-18(19)29-21(31)17-3-2-4-20(28-17)22(23,24)25/h2-4,9-11,13,15,30H,5-8,12,26H2,1H3,(H,29,31). The van der Waals surface area contributed by atoms with Crippen LogP contribution >= 0.6 is 0 Å². The number of halogens is 3. The number of nitrogens with one attached hydrogen (secondary N) is 1. The lowest BCUT2D eigenvalue weighted by atomic mass is 9.87. The second kappa shape index (κ2) is 9.99. The van der Waals surface area contributed by atoms with Crippen molar-refractivity contribution in [3.05, 3.63) is 47.3 Å². The molecule has 1 amide bonds. The number of carbonyl (C=O) groups is 1. The number of amides is 1. The molecule has 4 N–H and O–H groups in total. The second-order valence-corrected chi connectivity index (χ2v) is 7.68. The molecule has 10 heteroatoms. The number of aliphatic hydroxyl groups is 1. The third-order valence-electron chi connectivity index (χ3n) is 5.42. The minimum atomic E-state index is -4.66. The maximum absolute atomic E-state index is 12.9. The van der Waals surface area contributed by atoms with Gasteiger partial charge in [0, 0.05) is 36.2 Å². The summed E-state index contributed by atoms with van der Waals surface area (Å²) in [6, 6.07) is 6.30. The van der Waals surface area contributed by atoms with E-state index in [2.05, 4.69) is 15.3 Å². The number of rotatable bonds is 6. The molecule has 0 atom stereocenters. The van der Waals surface area contributed by atoms with Gasteiger partial charge in [0.1, 0.15) is 17.1 Å². The average molecular weight is 450 g/mol. The van der Waals surface area contributed by atoms with Crippen LogP contribution in [0.4, 0.5) is 24.5 Å². The number of aliphatic imine (C=N–C) groups is 1. The zero-order valence-electron chi connectivity index (χ0n) is 17.5. The number of pyridine rings is 1. The van der Waals surface area contributed by atoms with Gasteiger partial charge in [-0.3, -0.25) is 9.79 Å². The molecule has 0 saturated heterocycles. The molecule has 1 aromatic carbocycles. The quantitative estimate of drug-likeness (QED) is 0.457. The van der Waals surface area contributed by atoms with Crippen molar-refractivity contribution in [2.24, 2.45) is 10.9 Å². The van der Waals surface area contributed by atoms with E-state index in [9.17, 15) is 23.1 Å². The predicted octanol–water partition coefficient (Wildman–Crippen LogP) is 3.91. The Hall–Kier alpha value is -3.14. The number of carbonyl (C=O) groups excluding carboxylic acids is 1. The number of benzene rings is 1. The Labute approximate surface area is 183 Å². The first-order valence-corrected chi connectivity index (χ1v) is 10.2. The normalized spacial score (nSPS) is 19.2. The highest BCUT2D eigenvalue weighted by Crippen LogP contribution is 2.31. The van der Waals surface area contributed by atoms with Crippen LogP contribution < -0.4 is 15.8 Å². The van der Waals surface area contributed by atoms with Crippen molar-refractivity contribution < 1.29 is 27.8 Å². The molecule has 0 radical (unpaired) electrons. The molecule has 1 aliphatic carbocycles. The Morgan fingerprint density at radius 2 is 2.03 bits per heavy atom. The van der Waals surface area contributed by atoms with Gasteiger partial charge in [-0.25, -0.2) is 4.98 Å². The van der Waals surface area contributed by atoms with Crippen LogP contribution in [0.5, 0.6) is 5.75 Å². The van der Waals surface area contributed by atoms with Crippen LogP contribution in [0.1, 0.15) is 47.4 Å². The molecule has 0 bridgehead atoms. The molecule has 1 saturated carbocycles. The van der Waals surface area contributed by atoms with E-state index in [0.717, 1.165) is 37.8 Å². The summed E-state index contributed by atoms with van der Waals surface area (Å²) in [6.45, 7) is 0.186. The van der Waals surface area contributed by atoms with Crippen molar-refractivity contribution in [1.29, 1.82) is 0 Å². The smallest absolute Gasteiger partial charge is 0.433 e. The van der Waals surface area contributed by atoms with E-state index in [-0.39, 0.29) is 29.8 Å². The lowest BCUT2D eigenvalue weighted by Gasteiger charge is -2.24. The molecule has 0 aliphatic heterocycles. The van der Waals surface area contributed by atoms with Gasteiger partial charge in [-0.05, 0) is 49.8 Å². The topological polar surface area (TPSA) is 110 Å². The number of nitrogens with zero attached hydrogens (tertiary/aromatic N) is 2. The molecule has 0 spiro atoms. The van der Waals surface area contributed by atoms with E-state index in [0.29, 0.717) is 17.2 Å².